The number of fused-ring (bicyclic) bond motifs is 3. The van der Waals surface area contributed by atoms with Crippen molar-refractivity contribution in [2.24, 2.45) is 5.92 Å². The lowest BCUT2D eigenvalue weighted by Crippen LogP contribution is -2.49. The minimum Gasteiger partial charge on any atom is -0.481 e. The van der Waals surface area contributed by atoms with Gasteiger partial charge in [-0.25, -0.2) is 4.79 Å². The number of rotatable bonds is 8. The zero-order valence-electron chi connectivity index (χ0n) is 19.0. The number of nitrogens with one attached hydrogen (secondary N) is 2. The number of ether oxygens (including phenoxy) is 2. The molecular weight excluding hydrogens is 436 g/mol. The van der Waals surface area contributed by atoms with Gasteiger partial charge in [-0.05, 0) is 47.4 Å². The summed E-state index contributed by atoms with van der Waals surface area (Å²) in [5, 5.41) is 14.5. The summed E-state index contributed by atoms with van der Waals surface area (Å²) in [6, 6.07) is 14.8. The molecule has 2 atom stereocenters. The van der Waals surface area contributed by atoms with Crippen molar-refractivity contribution in [3.63, 3.8) is 0 Å². The largest absolute Gasteiger partial charge is 0.481 e. The molecule has 2 aromatic rings. The van der Waals surface area contributed by atoms with Gasteiger partial charge in [-0.15, -0.1) is 0 Å². The molecule has 0 radical (unpaired) electrons. The quantitative estimate of drug-likeness (QED) is 0.550. The number of alkyl carbamates (subject to hydrolysis) is 1. The lowest BCUT2D eigenvalue weighted by Gasteiger charge is -2.20. The maximum Gasteiger partial charge on any atom is 0.407 e. The molecule has 1 heterocycles. The second-order valence-corrected chi connectivity index (χ2v) is 8.77. The van der Waals surface area contributed by atoms with Crippen molar-refractivity contribution in [2.45, 2.75) is 37.6 Å². The lowest BCUT2D eigenvalue weighted by molar-refractivity contribution is -0.139. The van der Waals surface area contributed by atoms with Crippen LogP contribution in [0, 0.1) is 5.92 Å². The van der Waals surface area contributed by atoms with E-state index in [1.165, 1.54) is 0 Å². The van der Waals surface area contributed by atoms with Crippen LogP contribution in [0.3, 0.4) is 0 Å². The molecule has 3 N–H and O–H groups in total. The van der Waals surface area contributed by atoms with E-state index in [-0.39, 0.29) is 18.4 Å². The van der Waals surface area contributed by atoms with Gasteiger partial charge in [-0.1, -0.05) is 48.5 Å². The first kappa shape index (κ1) is 23.8. The topological polar surface area (TPSA) is 114 Å². The van der Waals surface area contributed by atoms with Gasteiger partial charge in [0.1, 0.15) is 12.6 Å². The molecule has 0 saturated carbocycles. The van der Waals surface area contributed by atoms with Crippen molar-refractivity contribution in [1.29, 1.82) is 0 Å². The van der Waals surface area contributed by atoms with E-state index >= 15 is 0 Å². The number of hydrogen-bond donors (Lipinski definition) is 3. The average Bonchev–Trinajstić information content (AvgIpc) is 2.96. The highest BCUT2D eigenvalue weighted by atomic mass is 16.5. The SMILES string of the molecule is O=C(O)CC(NC(=O)OCC1c2ccccc2-c2ccccc21)C(=O)NCC1CCCOCC1. The highest BCUT2D eigenvalue weighted by Crippen LogP contribution is 2.44. The van der Waals surface area contributed by atoms with Crippen molar-refractivity contribution in [1.82, 2.24) is 10.6 Å². The monoisotopic (exact) mass is 466 g/mol. The third kappa shape index (κ3) is 5.75. The van der Waals surface area contributed by atoms with Crippen LogP contribution < -0.4 is 10.6 Å². The van der Waals surface area contributed by atoms with Gasteiger partial charge in [0.15, 0.2) is 0 Å². The van der Waals surface area contributed by atoms with E-state index in [2.05, 4.69) is 10.6 Å². The maximum atomic E-state index is 12.7. The summed E-state index contributed by atoms with van der Waals surface area (Å²) in [5.41, 5.74) is 4.37. The zero-order chi connectivity index (χ0) is 23.9. The van der Waals surface area contributed by atoms with Gasteiger partial charge in [-0.3, -0.25) is 9.59 Å². The van der Waals surface area contributed by atoms with Crippen LogP contribution in [0.5, 0.6) is 0 Å². The fourth-order valence-electron chi connectivity index (χ4n) is 4.71. The van der Waals surface area contributed by atoms with Crippen LogP contribution in [0.4, 0.5) is 4.79 Å². The van der Waals surface area contributed by atoms with Crippen molar-refractivity contribution in [3.05, 3.63) is 59.7 Å². The summed E-state index contributed by atoms with van der Waals surface area (Å²) in [4.78, 5) is 36.5. The van der Waals surface area contributed by atoms with Gasteiger partial charge >= 0.3 is 12.1 Å². The second-order valence-electron chi connectivity index (χ2n) is 8.77. The van der Waals surface area contributed by atoms with Crippen LogP contribution in [-0.2, 0) is 19.1 Å². The molecule has 4 rings (SSSR count). The number of hydrogen-bond acceptors (Lipinski definition) is 5. The van der Waals surface area contributed by atoms with Crippen LogP contribution in [0.15, 0.2) is 48.5 Å². The molecule has 8 heteroatoms. The third-order valence-corrected chi connectivity index (χ3v) is 6.47. The van der Waals surface area contributed by atoms with E-state index < -0.39 is 30.4 Å². The Morgan fingerprint density at radius 3 is 2.35 bits per heavy atom. The Bertz CT molecular complexity index is 986. The summed E-state index contributed by atoms with van der Waals surface area (Å²) in [6.45, 7) is 1.88. The van der Waals surface area contributed by atoms with E-state index in [0.717, 1.165) is 48.1 Å². The molecule has 1 saturated heterocycles. The van der Waals surface area contributed by atoms with E-state index in [9.17, 15) is 19.5 Å². The smallest absolute Gasteiger partial charge is 0.407 e. The summed E-state index contributed by atoms with van der Waals surface area (Å²) in [6.07, 6.45) is 1.36. The Morgan fingerprint density at radius 2 is 1.68 bits per heavy atom. The van der Waals surface area contributed by atoms with Gasteiger partial charge in [0.25, 0.3) is 0 Å². The lowest BCUT2D eigenvalue weighted by atomic mass is 9.98. The Labute approximate surface area is 198 Å². The summed E-state index contributed by atoms with van der Waals surface area (Å²) in [7, 11) is 0. The highest BCUT2D eigenvalue weighted by molar-refractivity contribution is 5.89. The third-order valence-electron chi connectivity index (χ3n) is 6.47. The Balaban J connectivity index is 1.35. The standard InChI is InChI=1S/C26H30N2O6/c29-24(30)14-23(25(31)27-15-17-6-5-12-33-13-11-17)28-26(32)34-16-22-20-9-3-1-7-18(20)19-8-2-4-10-21(19)22/h1-4,7-10,17,22-23H,5-6,11-16H2,(H,27,31)(H,28,32)(H,29,30). The van der Waals surface area contributed by atoms with Gasteiger partial charge in [0.05, 0.1) is 6.42 Å². The Morgan fingerprint density at radius 1 is 1.00 bits per heavy atom. The van der Waals surface area contributed by atoms with Gasteiger partial charge in [0.2, 0.25) is 5.91 Å². The van der Waals surface area contributed by atoms with Crippen molar-refractivity contribution in [3.8, 4) is 11.1 Å². The molecule has 1 fully saturated rings. The maximum absolute atomic E-state index is 12.7. The fourth-order valence-corrected chi connectivity index (χ4v) is 4.71. The van der Waals surface area contributed by atoms with Crippen LogP contribution in [0.25, 0.3) is 11.1 Å². The first-order valence-corrected chi connectivity index (χ1v) is 11.7. The molecule has 1 aliphatic carbocycles. The number of carboxylic acids is 1. The fraction of sp³-hybridized carbons (Fsp3) is 0.423. The van der Waals surface area contributed by atoms with Crippen molar-refractivity contribution in [2.75, 3.05) is 26.4 Å². The number of carbonyl (C=O) groups is 3. The van der Waals surface area contributed by atoms with E-state index in [1.807, 2.05) is 48.5 Å². The molecule has 2 aliphatic rings. The second kappa shape index (κ2) is 11.2. The molecule has 1 aliphatic heterocycles. The molecule has 180 valence electrons. The van der Waals surface area contributed by atoms with Crippen LogP contribution in [0.1, 0.15) is 42.7 Å². The number of aliphatic carboxylic acids is 1. The molecule has 34 heavy (non-hydrogen) atoms. The normalized spacial score (nSPS) is 18.2. The number of benzene rings is 2. The zero-order valence-corrected chi connectivity index (χ0v) is 19.0. The summed E-state index contributed by atoms with van der Waals surface area (Å²) >= 11 is 0. The minimum absolute atomic E-state index is 0.0867. The van der Waals surface area contributed by atoms with E-state index in [0.29, 0.717) is 13.2 Å². The predicted molar refractivity (Wildman–Crippen MR) is 125 cm³/mol. The molecule has 2 unspecified atom stereocenters. The van der Waals surface area contributed by atoms with Crippen LogP contribution in [-0.4, -0.2) is 55.5 Å². The van der Waals surface area contributed by atoms with Gasteiger partial charge < -0.3 is 25.2 Å². The molecule has 0 spiro atoms. The molecule has 8 nitrogen and oxygen atoms in total. The highest BCUT2D eigenvalue weighted by Gasteiger charge is 2.30. The minimum atomic E-state index is -1.21. The predicted octanol–water partition coefficient (Wildman–Crippen LogP) is 3.30. The van der Waals surface area contributed by atoms with Crippen LogP contribution >= 0.6 is 0 Å². The van der Waals surface area contributed by atoms with E-state index in [4.69, 9.17) is 9.47 Å². The summed E-state index contributed by atoms with van der Waals surface area (Å²) < 4.78 is 10.9. The number of amides is 2. The van der Waals surface area contributed by atoms with Crippen molar-refractivity contribution < 1.29 is 29.0 Å². The molecule has 2 aromatic carbocycles. The number of carboxylic acid groups (broad SMARTS) is 1. The summed E-state index contributed by atoms with van der Waals surface area (Å²) in [5.74, 6) is -1.56. The first-order chi connectivity index (χ1) is 16.5. The van der Waals surface area contributed by atoms with Crippen molar-refractivity contribution >= 4 is 18.0 Å². The molecule has 2 amide bonds. The Hall–Kier alpha value is -3.39. The van der Waals surface area contributed by atoms with Gasteiger partial charge in [-0.2, -0.15) is 0 Å². The van der Waals surface area contributed by atoms with Gasteiger partial charge in [0, 0.05) is 25.7 Å². The number of carbonyl (C=O) groups excluding carboxylic acids is 2. The molecule has 0 bridgehead atoms. The average molecular weight is 467 g/mol. The van der Waals surface area contributed by atoms with E-state index in [1.54, 1.807) is 0 Å². The molecule has 0 aromatic heterocycles. The molecular formula is C26H30N2O6. The van der Waals surface area contributed by atoms with Crippen LogP contribution in [0.2, 0.25) is 0 Å². The first-order valence-electron chi connectivity index (χ1n) is 11.7. The Kier molecular flexibility index (Phi) is 7.80.